The second kappa shape index (κ2) is 8.33. The van der Waals surface area contributed by atoms with Crippen LogP contribution in [0.15, 0.2) is 51.8 Å². The van der Waals surface area contributed by atoms with E-state index >= 15 is 0 Å². The van der Waals surface area contributed by atoms with Crippen molar-refractivity contribution in [2.24, 2.45) is 0 Å². The monoisotopic (exact) mass is 438 g/mol. The number of rotatable bonds is 6. The molecule has 0 saturated carbocycles. The van der Waals surface area contributed by atoms with Gasteiger partial charge in [-0.1, -0.05) is 36.8 Å². The molecule has 0 spiro atoms. The van der Waals surface area contributed by atoms with Crippen molar-refractivity contribution in [1.82, 2.24) is 9.62 Å². The minimum absolute atomic E-state index is 0.0681. The number of carbonyl (C=O) groups is 1. The number of nitrogens with zero attached hydrogens (tertiary/aromatic N) is 1. The maximum absolute atomic E-state index is 12.7. The summed E-state index contributed by atoms with van der Waals surface area (Å²) in [7, 11) is -0.733. The zero-order chi connectivity index (χ0) is 19.5. The van der Waals surface area contributed by atoms with Crippen molar-refractivity contribution in [3.8, 4) is 0 Å². The molecule has 1 unspecified atom stereocenters. The van der Waals surface area contributed by atoms with Crippen LogP contribution in [0.25, 0.3) is 0 Å². The number of hydrogen-bond acceptors (Lipinski definition) is 3. The number of aryl methyl sites for hydroxylation is 1. The van der Waals surface area contributed by atoms with Crippen LogP contribution in [0.1, 0.15) is 40.9 Å². The Hall–Kier alpha value is -1.70. The predicted octanol–water partition coefficient (Wildman–Crippen LogP) is 3.89. The lowest BCUT2D eigenvalue weighted by Gasteiger charge is -2.19. The quantitative estimate of drug-likeness (QED) is 0.743. The van der Waals surface area contributed by atoms with E-state index in [1.807, 2.05) is 38.1 Å². The third-order valence-corrected chi connectivity index (χ3v) is 6.95. The molecule has 0 aliphatic rings. The molecule has 26 heavy (non-hydrogen) atoms. The van der Waals surface area contributed by atoms with E-state index in [9.17, 15) is 13.2 Å². The van der Waals surface area contributed by atoms with Crippen LogP contribution in [0, 0.1) is 6.92 Å². The summed E-state index contributed by atoms with van der Waals surface area (Å²) in [6.45, 7) is 4.01. The van der Waals surface area contributed by atoms with E-state index in [0.29, 0.717) is 10.0 Å². The van der Waals surface area contributed by atoms with Crippen LogP contribution in [0.3, 0.4) is 0 Å². The SMILES string of the molecule is CCC(NC(=O)c1ccc(Br)c(S(=O)(=O)N(C)C)c1)c1ccc(C)cc1. The molecular formula is C19H23BrN2O3S. The Labute approximate surface area is 163 Å². The molecule has 2 rings (SSSR count). The predicted molar refractivity (Wildman–Crippen MR) is 107 cm³/mol. The number of hydrogen-bond donors (Lipinski definition) is 1. The standard InChI is InChI=1S/C19H23BrN2O3S/c1-5-17(14-8-6-13(2)7-9-14)21-19(23)15-10-11-16(20)18(12-15)26(24,25)22(3)4/h6-12,17H,5H2,1-4H3,(H,21,23). The molecule has 1 amide bonds. The fourth-order valence-corrected chi connectivity index (χ4v) is 4.34. The van der Waals surface area contributed by atoms with Crippen molar-refractivity contribution >= 4 is 31.9 Å². The zero-order valence-electron chi connectivity index (χ0n) is 15.3. The smallest absolute Gasteiger partial charge is 0.251 e. The van der Waals surface area contributed by atoms with Gasteiger partial charge in [0.2, 0.25) is 10.0 Å². The number of sulfonamides is 1. The van der Waals surface area contributed by atoms with E-state index in [0.717, 1.165) is 21.9 Å². The second-order valence-corrected chi connectivity index (χ2v) is 9.25. The average molecular weight is 439 g/mol. The van der Waals surface area contributed by atoms with E-state index in [-0.39, 0.29) is 16.8 Å². The minimum Gasteiger partial charge on any atom is -0.345 e. The van der Waals surface area contributed by atoms with Crippen molar-refractivity contribution in [3.05, 3.63) is 63.6 Å². The molecule has 1 atom stereocenters. The van der Waals surface area contributed by atoms with Crippen molar-refractivity contribution in [1.29, 1.82) is 0 Å². The van der Waals surface area contributed by atoms with Gasteiger partial charge >= 0.3 is 0 Å². The normalized spacial score (nSPS) is 12.8. The molecule has 0 radical (unpaired) electrons. The van der Waals surface area contributed by atoms with Crippen molar-refractivity contribution in [2.45, 2.75) is 31.2 Å². The van der Waals surface area contributed by atoms with E-state index in [1.165, 1.54) is 20.2 Å². The highest BCUT2D eigenvalue weighted by Gasteiger charge is 2.23. The molecular weight excluding hydrogens is 416 g/mol. The highest BCUT2D eigenvalue weighted by molar-refractivity contribution is 9.10. The zero-order valence-corrected chi connectivity index (χ0v) is 17.7. The minimum atomic E-state index is -3.65. The summed E-state index contributed by atoms with van der Waals surface area (Å²) < 4.78 is 26.4. The maximum atomic E-state index is 12.7. The molecule has 0 fully saturated rings. The Kier molecular flexibility index (Phi) is 6.60. The molecule has 0 aliphatic heterocycles. The molecule has 0 aliphatic carbocycles. The summed E-state index contributed by atoms with van der Waals surface area (Å²) >= 11 is 3.25. The lowest BCUT2D eigenvalue weighted by Crippen LogP contribution is -2.29. The van der Waals surface area contributed by atoms with Gasteiger partial charge in [-0.15, -0.1) is 0 Å². The Morgan fingerprint density at radius 3 is 2.31 bits per heavy atom. The summed E-state index contributed by atoms with van der Waals surface area (Å²) in [5.41, 5.74) is 2.48. The van der Waals surface area contributed by atoms with E-state index in [1.54, 1.807) is 12.1 Å². The molecule has 0 saturated heterocycles. The highest BCUT2D eigenvalue weighted by Crippen LogP contribution is 2.26. The van der Waals surface area contributed by atoms with Gasteiger partial charge in [-0.25, -0.2) is 12.7 Å². The van der Waals surface area contributed by atoms with E-state index in [4.69, 9.17) is 0 Å². The van der Waals surface area contributed by atoms with Crippen LogP contribution in [-0.4, -0.2) is 32.7 Å². The number of nitrogens with one attached hydrogen (secondary N) is 1. The van der Waals surface area contributed by atoms with Crippen LogP contribution in [0.4, 0.5) is 0 Å². The molecule has 140 valence electrons. The van der Waals surface area contributed by atoms with Crippen molar-refractivity contribution < 1.29 is 13.2 Å². The highest BCUT2D eigenvalue weighted by atomic mass is 79.9. The first-order valence-corrected chi connectivity index (χ1v) is 10.5. The summed E-state index contributed by atoms with van der Waals surface area (Å²) in [4.78, 5) is 12.7. The number of amides is 1. The third-order valence-electron chi connectivity index (χ3n) is 4.15. The van der Waals surface area contributed by atoms with Crippen molar-refractivity contribution in [2.75, 3.05) is 14.1 Å². The van der Waals surface area contributed by atoms with Crippen LogP contribution in [-0.2, 0) is 10.0 Å². The fourth-order valence-electron chi connectivity index (χ4n) is 2.50. The largest absolute Gasteiger partial charge is 0.345 e. The van der Waals surface area contributed by atoms with Crippen LogP contribution >= 0.6 is 15.9 Å². The fraction of sp³-hybridized carbons (Fsp3) is 0.316. The first kappa shape index (κ1) is 20.6. The average Bonchev–Trinajstić information content (AvgIpc) is 2.60. The Morgan fingerprint density at radius 1 is 1.15 bits per heavy atom. The first-order chi connectivity index (χ1) is 12.2. The second-order valence-electron chi connectivity index (χ2n) is 6.28. The third kappa shape index (κ3) is 4.52. The number of benzene rings is 2. The maximum Gasteiger partial charge on any atom is 0.251 e. The van der Waals surface area contributed by atoms with Crippen LogP contribution in [0.5, 0.6) is 0 Å². The Morgan fingerprint density at radius 2 is 1.77 bits per heavy atom. The van der Waals surface area contributed by atoms with Gasteiger partial charge in [-0.3, -0.25) is 4.79 Å². The summed E-state index contributed by atoms with van der Waals surface area (Å²) in [6, 6.07) is 12.4. The summed E-state index contributed by atoms with van der Waals surface area (Å²) in [5, 5.41) is 2.98. The molecule has 0 heterocycles. The van der Waals surface area contributed by atoms with Gasteiger partial charge < -0.3 is 5.32 Å². The van der Waals surface area contributed by atoms with Gasteiger partial charge in [0.1, 0.15) is 0 Å². The summed E-state index contributed by atoms with van der Waals surface area (Å²) in [6.07, 6.45) is 0.730. The molecule has 2 aromatic carbocycles. The topological polar surface area (TPSA) is 66.5 Å². The molecule has 2 aromatic rings. The van der Waals surface area contributed by atoms with Gasteiger partial charge in [0.25, 0.3) is 5.91 Å². The molecule has 0 bridgehead atoms. The van der Waals surface area contributed by atoms with E-state index in [2.05, 4.69) is 21.2 Å². The van der Waals surface area contributed by atoms with Crippen LogP contribution < -0.4 is 5.32 Å². The van der Waals surface area contributed by atoms with Crippen molar-refractivity contribution in [3.63, 3.8) is 0 Å². The Balaban J connectivity index is 2.30. The lowest BCUT2D eigenvalue weighted by atomic mass is 10.0. The number of halogens is 1. The number of carbonyl (C=O) groups excluding carboxylic acids is 1. The first-order valence-electron chi connectivity index (χ1n) is 8.26. The van der Waals surface area contributed by atoms with Gasteiger partial charge in [0, 0.05) is 24.1 Å². The molecule has 7 heteroatoms. The lowest BCUT2D eigenvalue weighted by molar-refractivity contribution is 0.0935. The van der Waals surface area contributed by atoms with Crippen LogP contribution in [0.2, 0.25) is 0 Å². The molecule has 1 N–H and O–H groups in total. The van der Waals surface area contributed by atoms with E-state index < -0.39 is 10.0 Å². The molecule has 0 aromatic heterocycles. The summed E-state index contributed by atoms with van der Waals surface area (Å²) in [5.74, 6) is -0.305. The van der Waals surface area contributed by atoms with Gasteiger partial charge in [-0.05, 0) is 53.0 Å². The Bertz CT molecular complexity index is 894. The van der Waals surface area contributed by atoms with Gasteiger partial charge in [-0.2, -0.15) is 0 Å². The van der Waals surface area contributed by atoms with Gasteiger partial charge in [0.05, 0.1) is 10.9 Å². The van der Waals surface area contributed by atoms with Gasteiger partial charge in [0.15, 0.2) is 0 Å². The molecule has 5 nitrogen and oxygen atoms in total.